The fraction of sp³-hybridized carbons (Fsp3) is 0.400. The van der Waals surface area contributed by atoms with Crippen molar-refractivity contribution in [1.82, 2.24) is 4.72 Å². The van der Waals surface area contributed by atoms with Crippen molar-refractivity contribution in [2.45, 2.75) is 25.2 Å². The fourth-order valence-electron chi connectivity index (χ4n) is 1.62. The van der Waals surface area contributed by atoms with Gasteiger partial charge in [-0.05, 0) is 19.1 Å². The van der Waals surface area contributed by atoms with Crippen LogP contribution in [0.1, 0.15) is 30.6 Å². The van der Waals surface area contributed by atoms with E-state index in [4.69, 9.17) is 4.74 Å². The lowest BCUT2D eigenvalue weighted by molar-refractivity contribution is 0.0988. The van der Waals surface area contributed by atoms with Crippen molar-refractivity contribution in [1.29, 1.82) is 0 Å². The Hall–Kier alpha value is -1.50. The number of carbonyl (C=O) groups excluding carboxylic acids is 1. The average Bonchev–Trinajstić information content (AvgIpc) is 2.45. The summed E-state index contributed by atoms with van der Waals surface area (Å²) >= 11 is 0. The lowest BCUT2D eigenvalue weighted by atomic mass is 10.1. The van der Waals surface area contributed by atoms with Gasteiger partial charge in [0, 0.05) is 18.5 Å². The Labute approximate surface area is 126 Å². The van der Waals surface area contributed by atoms with Crippen LogP contribution in [0, 0.1) is 0 Å². The quantitative estimate of drug-likeness (QED) is 0.431. The van der Waals surface area contributed by atoms with E-state index in [1.165, 1.54) is 12.1 Å². The molecule has 0 saturated heterocycles. The number of ether oxygens (including phenoxy) is 1. The minimum Gasteiger partial charge on any atom is -0.376 e. The van der Waals surface area contributed by atoms with E-state index in [-0.39, 0.29) is 23.8 Å². The maximum atomic E-state index is 12.1. The largest absolute Gasteiger partial charge is 0.376 e. The summed E-state index contributed by atoms with van der Waals surface area (Å²) < 4.78 is 31.9. The molecule has 0 spiro atoms. The molecule has 1 rings (SSSR count). The van der Waals surface area contributed by atoms with Crippen molar-refractivity contribution in [2.75, 3.05) is 19.8 Å². The van der Waals surface area contributed by atoms with E-state index in [9.17, 15) is 13.2 Å². The van der Waals surface area contributed by atoms with E-state index < -0.39 is 10.0 Å². The van der Waals surface area contributed by atoms with Crippen molar-refractivity contribution in [3.8, 4) is 0 Å². The van der Waals surface area contributed by atoms with E-state index in [2.05, 4.69) is 11.3 Å². The first-order valence-corrected chi connectivity index (χ1v) is 8.20. The molecular weight excluding hydrogens is 290 g/mol. The second-order valence-corrected chi connectivity index (χ2v) is 6.48. The van der Waals surface area contributed by atoms with Crippen molar-refractivity contribution in [2.24, 2.45) is 0 Å². The van der Waals surface area contributed by atoms with Gasteiger partial charge < -0.3 is 4.74 Å². The predicted molar refractivity (Wildman–Crippen MR) is 81.9 cm³/mol. The third kappa shape index (κ3) is 5.79. The third-order valence-electron chi connectivity index (χ3n) is 2.67. The molecule has 0 bridgehead atoms. The first-order chi connectivity index (χ1) is 9.86. The zero-order valence-corrected chi connectivity index (χ0v) is 13.2. The van der Waals surface area contributed by atoms with Gasteiger partial charge in [0.2, 0.25) is 10.0 Å². The van der Waals surface area contributed by atoms with Gasteiger partial charge in [-0.15, -0.1) is 0 Å². The van der Waals surface area contributed by atoms with Crippen molar-refractivity contribution < 1.29 is 17.9 Å². The van der Waals surface area contributed by atoms with Crippen LogP contribution in [0.3, 0.4) is 0 Å². The van der Waals surface area contributed by atoms with Crippen LogP contribution in [-0.4, -0.2) is 34.0 Å². The third-order valence-corrected chi connectivity index (χ3v) is 4.13. The molecule has 0 saturated carbocycles. The zero-order chi connectivity index (χ0) is 15.9. The van der Waals surface area contributed by atoms with Crippen molar-refractivity contribution >= 4 is 15.8 Å². The molecule has 5 nitrogen and oxygen atoms in total. The summed E-state index contributed by atoms with van der Waals surface area (Å²) in [6.07, 6.45) is 0.339. The van der Waals surface area contributed by atoms with Gasteiger partial charge in [-0.2, -0.15) is 0 Å². The molecular formula is C15H21NO4S. The minimum absolute atomic E-state index is 0.0849. The van der Waals surface area contributed by atoms with Gasteiger partial charge in [0.25, 0.3) is 0 Å². The van der Waals surface area contributed by atoms with Crippen molar-refractivity contribution in [3.63, 3.8) is 0 Å². The molecule has 0 aliphatic heterocycles. The van der Waals surface area contributed by atoms with Crippen LogP contribution in [0.15, 0.2) is 41.3 Å². The Morgan fingerprint density at radius 3 is 2.71 bits per heavy atom. The molecule has 0 amide bonds. The van der Waals surface area contributed by atoms with Crippen molar-refractivity contribution in [3.05, 3.63) is 42.0 Å². The molecule has 0 atom stereocenters. The van der Waals surface area contributed by atoms with E-state index >= 15 is 0 Å². The van der Waals surface area contributed by atoms with Crippen LogP contribution in [0.5, 0.6) is 0 Å². The lowest BCUT2D eigenvalue weighted by Crippen LogP contribution is -2.27. The van der Waals surface area contributed by atoms with Crippen LogP contribution < -0.4 is 4.72 Å². The van der Waals surface area contributed by atoms with E-state index in [0.717, 1.165) is 5.57 Å². The minimum atomic E-state index is -3.63. The maximum absolute atomic E-state index is 12.1. The van der Waals surface area contributed by atoms with Gasteiger partial charge in [-0.3, -0.25) is 4.79 Å². The Balaban J connectivity index is 2.66. The lowest BCUT2D eigenvalue weighted by Gasteiger charge is -2.08. The number of carbonyl (C=O) groups is 1. The van der Waals surface area contributed by atoms with Crippen LogP contribution in [0.4, 0.5) is 0 Å². The van der Waals surface area contributed by atoms with Crippen LogP contribution in [0.25, 0.3) is 0 Å². The summed E-state index contributed by atoms with van der Waals surface area (Å²) in [6, 6.07) is 6.03. The summed E-state index contributed by atoms with van der Waals surface area (Å²) in [7, 11) is -3.63. The monoisotopic (exact) mass is 311 g/mol. The highest BCUT2D eigenvalue weighted by molar-refractivity contribution is 7.89. The van der Waals surface area contributed by atoms with Crippen LogP contribution in [-0.2, 0) is 14.8 Å². The molecule has 0 aromatic heterocycles. The average molecular weight is 311 g/mol. The van der Waals surface area contributed by atoms with E-state index in [1.54, 1.807) is 19.1 Å². The topological polar surface area (TPSA) is 72.5 Å². The summed E-state index contributed by atoms with van der Waals surface area (Å²) in [5, 5.41) is 0. The zero-order valence-electron chi connectivity index (χ0n) is 12.4. The predicted octanol–water partition coefficient (Wildman–Crippen LogP) is 2.15. The first kappa shape index (κ1) is 17.6. The van der Waals surface area contributed by atoms with E-state index in [1.807, 2.05) is 6.92 Å². The van der Waals surface area contributed by atoms with Gasteiger partial charge >= 0.3 is 0 Å². The Morgan fingerprint density at radius 1 is 1.38 bits per heavy atom. The first-order valence-electron chi connectivity index (χ1n) is 6.72. The van der Waals surface area contributed by atoms with Gasteiger partial charge in [-0.25, -0.2) is 13.1 Å². The number of sulfonamides is 1. The molecule has 0 unspecified atom stereocenters. The number of Topliss-reactive ketones (excluding diaryl/α,β-unsaturated/α-hetero) is 1. The normalized spacial score (nSPS) is 11.3. The van der Waals surface area contributed by atoms with Crippen LogP contribution in [0.2, 0.25) is 0 Å². The van der Waals surface area contributed by atoms with Gasteiger partial charge in [0.15, 0.2) is 5.78 Å². The molecule has 6 heteroatoms. The number of hydrogen-bond acceptors (Lipinski definition) is 4. The molecule has 0 fully saturated rings. The smallest absolute Gasteiger partial charge is 0.240 e. The molecule has 1 aromatic carbocycles. The summed E-state index contributed by atoms with van der Waals surface area (Å²) in [5.41, 5.74) is 1.28. The fourth-order valence-corrected chi connectivity index (χ4v) is 2.68. The number of hydrogen-bond donors (Lipinski definition) is 1. The number of ketones is 1. The summed E-state index contributed by atoms with van der Waals surface area (Å²) in [4.78, 5) is 11.7. The summed E-state index contributed by atoms with van der Waals surface area (Å²) in [5.74, 6) is -0.0863. The second-order valence-electron chi connectivity index (χ2n) is 4.71. The molecule has 116 valence electrons. The molecule has 0 radical (unpaired) electrons. The Bertz CT molecular complexity index is 608. The summed E-state index contributed by atoms with van der Waals surface area (Å²) in [6.45, 7) is 8.10. The second kappa shape index (κ2) is 8.07. The highest BCUT2D eigenvalue weighted by Crippen LogP contribution is 2.12. The number of benzene rings is 1. The van der Waals surface area contributed by atoms with Gasteiger partial charge in [-0.1, -0.05) is 31.2 Å². The SMILES string of the molecule is C=C(C)COCCNS(=O)(=O)c1cccc(C(=O)CC)c1. The number of rotatable bonds is 9. The Morgan fingerprint density at radius 2 is 2.10 bits per heavy atom. The standard InChI is InChI=1S/C15H21NO4S/c1-4-15(17)13-6-5-7-14(10-13)21(18,19)16-8-9-20-11-12(2)3/h5-7,10,16H,2,4,8-9,11H2,1,3H3. The highest BCUT2D eigenvalue weighted by Gasteiger charge is 2.15. The van der Waals surface area contributed by atoms with E-state index in [0.29, 0.717) is 18.6 Å². The van der Waals surface area contributed by atoms with Gasteiger partial charge in [0.05, 0.1) is 18.1 Å². The Kier molecular flexibility index (Phi) is 6.74. The molecule has 1 aromatic rings. The molecule has 0 aliphatic carbocycles. The van der Waals surface area contributed by atoms with Crippen LogP contribution >= 0.6 is 0 Å². The molecule has 21 heavy (non-hydrogen) atoms. The molecule has 1 N–H and O–H groups in total. The maximum Gasteiger partial charge on any atom is 0.240 e. The molecule has 0 heterocycles. The van der Waals surface area contributed by atoms with Gasteiger partial charge in [0.1, 0.15) is 0 Å². The molecule has 0 aliphatic rings. The highest BCUT2D eigenvalue weighted by atomic mass is 32.2. The number of nitrogens with one attached hydrogen (secondary N) is 1.